The van der Waals surface area contributed by atoms with Gasteiger partial charge in [0.25, 0.3) is 0 Å². The minimum absolute atomic E-state index is 0.551. The van der Waals surface area contributed by atoms with Crippen molar-refractivity contribution in [3.63, 3.8) is 0 Å². The van der Waals surface area contributed by atoms with E-state index in [0.717, 1.165) is 28.7 Å². The highest BCUT2D eigenvalue weighted by Gasteiger charge is 2.00. The van der Waals surface area contributed by atoms with Crippen molar-refractivity contribution in [1.29, 1.82) is 0 Å². The van der Waals surface area contributed by atoms with Crippen LogP contribution >= 0.6 is 11.3 Å². The molecular formula is C13H17N3OS. The first-order chi connectivity index (χ1) is 8.81. The van der Waals surface area contributed by atoms with E-state index in [1.54, 1.807) is 18.4 Å². The maximum Gasteiger partial charge on any atom is 0.182 e. The van der Waals surface area contributed by atoms with E-state index in [9.17, 15) is 0 Å². The van der Waals surface area contributed by atoms with E-state index < -0.39 is 0 Å². The molecule has 3 N–H and O–H groups in total. The molecule has 0 aliphatic carbocycles. The predicted octanol–water partition coefficient (Wildman–Crippen LogP) is 2.26. The summed E-state index contributed by atoms with van der Waals surface area (Å²) < 4.78 is 5.19. The van der Waals surface area contributed by atoms with Gasteiger partial charge in [-0.15, -0.1) is 11.3 Å². The number of aromatic nitrogens is 1. The fourth-order valence-electron chi connectivity index (χ4n) is 1.63. The van der Waals surface area contributed by atoms with Crippen LogP contribution < -0.4 is 15.8 Å². The molecule has 0 radical (unpaired) electrons. The lowest BCUT2D eigenvalue weighted by Gasteiger charge is -2.05. The monoisotopic (exact) mass is 263 g/mol. The number of benzene rings is 1. The highest BCUT2D eigenvalue weighted by molar-refractivity contribution is 7.15. The van der Waals surface area contributed by atoms with Gasteiger partial charge in [-0.1, -0.05) is 12.1 Å². The van der Waals surface area contributed by atoms with E-state index in [4.69, 9.17) is 10.5 Å². The van der Waals surface area contributed by atoms with E-state index in [1.165, 1.54) is 5.56 Å². The number of nitrogens with one attached hydrogen (secondary N) is 1. The fourth-order valence-corrected chi connectivity index (χ4v) is 2.34. The Morgan fingerprint density at radius 2 is 2.33 bits per heavy atom. The summed E-state index contributed by atoms with van der Waals surface area (Å²) in [4.78, 5) is 5.35. The van der Waals surface area contributed by atoms with Gasteiger partial charge in [0.2, 0.25) is 0 Å². The van der Waals surface area contributed by atoms with Crippen LogP contribution in [0.4, 0.5) is 5.13 Å². The number of ether oxygens (including phenoxy) is 1. The molecule has 4 nitrogen and oxygen atoms in total. The van der Waals surface area contributed by atoms with Crippen molar-refractivity contribution in [1.82, 2.24) is 4.98 Å². The molecule has 0 saturated carbocycles. The van der Waals surface area contributed by atoms with Gasteiger partial charge >= 0.3 is 0 Å². The molecule has 1 aromatic carbocycles. The van der Waals surface area contributed by atoms with Crippen molar-refractivity contribution >= 4 is 16.5 Å². The highest BCUT2D eigenvalue weighted by Crippen LogP contribution is 2.17. The summed E-state index contributed by atoms with van der Waals surface area (Å²) in [6.07, 6.45) is 2.76. The van der Waals surface area contributed by atoms with Gasteiger partial charge in [0.15, 0.2) is 5.13 Å². The van der Waals surface area contributed by atoms with Crippen molar-refractivity contribution in [3.8, 4) is 5.75 Å². The Kier molecular flexibility index (Phi) is 4.55. The third kappa shape index (κ3) is 3.45. The molecule has 2 rings (SSSR count). The van der Waals surface area contributed by atoms with Gasteiger partial charge in [-0.05, 0) is 24.1 Å². The molecule has 1 heterocycles. The number of thiazole rings is 1. The second-order valence-corrected chi connectivity index (χ2v) is 4.98. The van der Waals surface area contributed by atoms with Crippen molar-refractivity contribution in [2.24, 2.45) is 5.73 Å². The number of anilines is 1. The Labute approximate surface area is 111 Å². The standard InChI is InChI=1S/C13H17N3OS/c1-17-11-4-2-3-10(7-11)5-6-15-13-16-9-12(8-14)18-13/h2-4,7,9H,5-6,8,14H2,1H3,(H,15,16). The first-order valence-corrected chi connectivity index (χ1v) is 6.65. The molecule has 0 saturated heterocycles. The molecule has 1 aromatic heterocycles. The first-order valence-electron chi connectivity index (χ1n) is 5.83. The minimum atomic E-state index is 0.551. The third-order valence-electron chi connectivity index (χ3n) is 2.58. The van der Waals surface area contributed by atoms with Crippen LogP contribution in [0.15, 0.2) is 30.5 Å². The average molecular weight is 263 g/mol. The normalized spacial score (nSPS) is 10.3. The van der Waals surface area contributed by atoms with Crippen molar-refractivity contribution < 1.29 is 4.74 Å². The summed E-state index contributed by atoms with van der Waals surface area (Å²) in [5.41, 5.74) is 6.79. The van der Waals surface area contributed by atoms with Crippen LogP contribution in [-0.4, -0.2) is 18.6 Å². The number of nitrogens with two attached hydrogens (primary N) is 1. The zero-order valence-electron chi connectivity index (χ0n) is 10.3. The second-order valence-electron chi connectivity index (χ2n) is 3.86. The Morgan fingerprint density at radius 1 is 1.44 bits per heavy atom. The van der Waals surface area contributed by atoms with Crippen LogP contribution in [0.1, 0.15) is 10.4 Å². The summed E-state index contributed by atoms with van der Waals surface area (Å²) in [5.74, 6) is 0.896. The molecule has 96 valence electrons. The van der Waals surface area contributed by atoms with E-state index >= 15 is 0 Å². The lowest BCUT2D eigenvalue weighted by atomic mass is 10.1. The van der Waals surface area contributed by atoms with Gasteiger partial charge in [0.1, 0.15) is 5.75 Å². The molecule has 0 spiro atoms. The van der Waals surface area contributed by atoms with E-state index in [0.29, 0.717) is 6.54 Å². The largest absolute Gasteiger partial charge is 0.497 e. The molecular weight excluding hydrogens is 246 g/mol. The van der Waals surface area contributed by atoms with E-state index in [2.05, 4.69) is 22.4 Å². The Balaban J connectivity index is 1.84. The molecule has 0 amide bonds. The summed E-state index contributed by atoms with van der Waals surface area (Å²) in [6.45, 7) is 1.40. The summed E-state index contributed by atoms with van der Waals surface area (Å²) in [6, 6.07) is 8.10. The average Bonchev–Trinajstić information content (AvgIpc) is 2.87. The number of nitrogens with zero attached hydrogens (tertiary/aromatic N) is 1. The summed E-state index contributed by atoms with van der Waals surface area (Å²) >= 11 is 1.60. The van der Waals surface area contributed by atoms with Gasteiger partial charge in [0.05, 0.1) is 7.11 Å². The molecule has 5 heteroatoms. The van der Waals surface area contributed by atoms with Gasteiger partial charge in [-0.2, -0.15) is 0 Å². The van der Waals surface area contributed by atoms with Gasteiger partial charge < -0.3 is 15.8 Å². The number of hydrogen-bond donors (Lipinski definition) is 2. The van der Waals surface area contributed by atoms with Crippen molar-refractivity contribution in [3.05, 3.63) is 40.9 Å². The third-order valence-corrected chi connectivity index (χ3v) is 3.56. The highest BCUT2D eigenvalue weighted by atomic mass is 32.1. The van der Waals surface area contributed by atoms with Crippen LogP contribution in [0.25, 0.3) is 0 Å². The molecule has 0 aliphatic heterocycles. The number of rotatable bonds is 6. The zero-order chi connectivity index (χ0) is 12.8. The lowest BCUT2D eigenvalue weighted by Crippen LogP contribution is -2.04. The first kappa shape index (κ1) is 12.9. The smallest absolute Gasteiger partial charge is 0.182 e. The van der Waals surface area contributed by atoms with Crippen LogP contribution in [0, 0.1) is 0 Å². The molecule has 0 fully saturated rings. The Bertz CT molecular complexity index is 498. The SMILES string of the molecule is COc1cccc(CCNc2ncc(CN)s2)c1. The summed E-state index contributed by atoms with van der Waals surface area (Å²) in [7, 11) is 1.68. The minimum Gasteiger partial charge on any atom is -0.497 e. The fraction of sp³-hybridized carbons (Fsp3) is 0.308. The lowest BCUT2D eigenvalue weighted by molar-refractivity contribution is 0.414. The Hall–Kier alpha value is -1.59. The van der Waals surface area contributed by atoms with Crippen molar-refractivity contribution in [2.45, 2.75) is 13.0 Å². The molecule has 2 aromatic rings. The molecule has 0 atom stereocenters. The van der Waals surface area contributed by atoms with E-state index in [1.807, 2.05) is 18.3 Å². The number of hydrogen-bond acceptors (Lipinski definition) is 5. The molecule has 0 bridgehead atoms. The zero-order valence-corrected chi connectivity index (χ0v) is 11.2. The quantitative estimate of drug-likeness (QED) is 0.839. The molecule has 0 aliphatic rings. The van der Waals surface area contributed by atoms with Crippen LogP contribution in [0.3, 0.4) is 0 Å². The molecule has 0 unspecified atom stereocenters. The van der Waals surface area contributed by atoms with E-state index in [-0.39, 0.29) is 0 Å². The van der Waals surface area contributed by atoms with Crippen molar-refractivity contribution in [2.75, 3.05) is 19.0 Å². The Morgan fingerprint density at radius 3 is 3.06 bits per heavy atom. The predicted molar refractivity (Wildman–Crippen MR) is 75.2 cm³/mol. The van der Waals surface area contributed by atoms with Crippen LogP contribution in [-0.2, 0) is 13.0 Å². The molecule has 18 heavy (non-hydrogen) atoms. The van der Waals surface area contributed by atoms with Gasteiger partial charge in [0, 0.05) is 24.2 Å². The maximum absolute atomic E-state index is 5.54. The second kappa shape index (κ2) is 6.37. The topological polar surface area (TPSA) is 60.2 Å². The van der Waals surface area contributed by atoms with Crippen LogP contribution in [0.5, 0.6) is 5.75 Å². The maximum atomic E-state index is 5.54. The summed E-state index contributed by atoms with van der Waals surface area (Å²) in [5, 5.41) is 4.23. The number of methoxy groups -OCH3 is 1. The van der Waals surface area contributed by atoms with Crippen LogP contribution in [0.2, 0.25) is 0 Å². The van der Waals surface area contributed by atoms with Gasteiger partial charge in [-0.25, -0.2) is 4.98 Å². The van der Waals surface area contributed by atoms with Gasteiger partial charge in [-0.3, -0.25) is 0 Å².